The van der Waals surface area contributed by atoms with Crippen molar-refractivity contribution in [2.75, 3.05) is 0 Å². The molecule has 8 heteroatoms. The van der Waals surface area contributed by atoms with Gasteiger partial charge in [-0.05, 0) is 11.4 Å². The summed E-state index contributed by atoms with van der Waals surface area (Å²) in [4.78, 5) is 10.5. The number of thiophene rings is 1. The summed E-state index contributed by atoms with van der Waals surface area (Å²) in [5.41, 5.74) is 0. The molecule has 1 rings (SSSR count). The molecule has 0 bridgehead atoms. The number of hydrogen-bond donors (Lipinski definition) is 0. The number of carbonyl (C=O) groups is 1. The fourth-order valence-corrected chi connectivity index (χ4v) is 2.75. The van der Waals surface area contributed by atoms with Crippen LogP contribution in [0.1, 0.15) is 0 Å². The SMILES string of the molecule is O=C(C(F)(F)F)S(=O)(=O)c1cccs1. The molecule has 0 radical (unpaired) electrons. The van der Waals surface area contributed by atoms with E-state index in [2.05, 4.69) is 0 Å². The smallest absolute Gasteiger partial charge is 0.271 e. The van der Waals surface area contributed by atoms with E-state index in [1.807, 2.05) is 0 Å². The third kappa shape index (κ3) is 1.95. The lowest BCUT2D eigenvalue weighted by atomic mass is 10.7. The Morgan fingerprint density at radius 3 is 2.29 bits per heavy atom. The Balaban J connectivity index is 3.18. The molecule has 1 aromatic rings. The third-order valence-corrected chi connectivity index (χ3v) is 4.23. The normalized spacial score (nSPS) is 12.8. The zero-order valence-corrected chi connectivity index (χ0v) is 8.04. The highest BCUT2D eigenvalue weighted by molar-refractivity contribution is 8.07. The minimum Gasteiger partial charge on any atom is -0.271 e. The summed E-state index contributed by atoms with van der Waals surface area (Å²) in [6.07, 6.45) is -5.36. The van der Waals surface area contributed by atoms with E-state index in [4.69, 9.17) is 0 Å². The maximum Gasteiger partial charge on any atom is 0.466 e. The molecule has 0 aliphatic rings. The van der Waals surface area contributed by atoms with Gasteiger partial charge in [-0.25, -0.2) is 8.42 Å². The Morgan fingerprint density at radius 2 is 1.93 bits per heavy atom. The highest BCUT2D eigenvalue weighted by Gasteiger charge is 2.48. The van der Waals surface area contributed by atoms with Gasteiger partial charge in [0.15, 0.2) is 0 Å². The number of alkyl halides is 3. The first-order chi connectivity index (χ1) is 6.26. The van der Waals surface area contributed by atoms with Crippen molar-refractivity contribution < 1.29 is 26.4 Å². The number of sulfone groups is 1. The summed E-state index contributed by atoms with van der Waals surface area (Å²) in [6.45, 7) is 0. The van der Waals surface area contributed by atoms with E-state index in [0.717, 1.165) is 6.07 Å². The minimum absolute atomic E-state index is 0.566. The van der Waals surface area contributed by atoms with E-state index in [1.54, 1.807) is 0 Å². The third-order valence-electron chi connectivity index (χ3n) is 1.24. The molecular weight excluding hydrogens is 241 g/mol. The van der Waals surface area contributed by atoms with Crippen molar-refractivity contribution in [1.29, 1.82) is 0 Å². The van der Waals surface area contributed by atoms with Crippen molar-refractivity contribution in [3.8, 4) is 0 Å². The predicted octanol–water partition coefficient (Wildman–Crippen LogP) is 1.61. The van der Waals surface area contributed by atoms with Crippen molar-refractivity contribution in [2.45, 2.75) is 10.4 Å². The molecule has 0 aliphatic carbocycles. The number of carbonyl (C=O) groups excluding carboxylic acids is 1. The van der Waals surface area contributed by atoms with E-state index >= 15 is 0 Å². The topological polar surface area (TPSA) is 51.2 Å². The van der Waals surface area contributed by atoms with Gasteiger partial charge in [-0.2, -0.15) is 13.2 Å². The predicted molar refractivity (Wildman–Crippen MR) is 42.6 cm³/mol. The van der Waals surface area contributed by atoms with Gasteiger partial charge in [-0.3, -0.25) is 4.79 Å². The lowest BCUT2D eigenvalue weighted by Crippen LogP contribution is -2.30. The van der Waals surface area contributed by atoms with Crippen LogP contribution >= 0.6 is 11.3 Å². The zero-order chi connectivity index (χ0) is 11.0. The van der Waals surface area contributed by atoms with Crippen molar-refractivity contribution in [3.05, 3.63) is 17.5 Å². The Bertz CT molecular complexity index is 429. The molecule has 0 saturated heterocycles. The highest BCUT2D eigenvalue weighted by atomic mass is 32.2. The van der Waals surface area contributed by atoms with Crippen molar-refractivity contribution in [1.82, 2.24) is 0 Å². The van der Waals surface area contributed by atoms with Crippen LogP contribution in [0, 0.1) is 0 Å². The largest absolute Gasteiger partial charge is 0.466 e. The maximum absolute atomic E-state index is 11.8. The maximum atomic E-state index is 11.8. The second-order valence-electron chi connectivity index (χ2n) is 2.22. The van der Waals surface area contributed by atoms with Crippen molar-refractivity contribution in [2.24, 2.45) is 0 Å². The monoisotopic (exact) mass is 244 g/mol. The van der Waals surface area contributed by atoms with Gasteiger partial charge in [0, 0.05) is 0 Å². The second kappa shape index (κ2) is 3.35. The molecule has 1 aromatic heterocycles. The van der Waals surface area contributed by atoms with Gasteiger partial charge in [0.05, 0.1) is 0 Å². The Kier molecular flexibility index (Phi) is 2.68. The van der Waals surface area contributed by atoms with E-state index in [9.17, 15) is 26.4 Å². The average Bonchev–Trinajstić information content (AvgIpc) is 2.53. The van der Waals surface area contributed by atoms with E-state index in [0.29, 0.717) is 11.3 Å². The molecule has 0 spiro atoms. The lowest BCUT2D eigenvalue weighted by molar-refractivity contribution is -0.161. The van der Waals surface area contributed by atoms with Gasteiger partial charge in [0.2, 0.25) is 0 Å². The van der Waals surface area contributed by atoms with Gasteiger partial charge in [0.1, 0.15) is 4.21 Å². The average molecular weight is 244 g/mol. The zero-order valence-electron chi connectivity index (χ0n) is 6.41. The molecule has 78 valence electrons. The van der Waals surface area contributed by atoms with E-state index in [1.165, 1.54) is 11.4 Å². The van der Waals surface area contributed by atoms with Crippen LogP contribution < -0.4 is 0 Å². The van der Waals surface area contributed by atoms with Gasteiger partial charge in [0.25, 0.3) is 9.84 Å². The Hall–Kier alpha value is -0.890. The van der Waals surface area contributed by atoms with Gasteiger partial charge >= 0.3 is 11.3 Å². The quantitative estimate of drug-likeness (QED) is 0.754. The Labute approximate surface area is 81.1 Å². The van der Waals surface area contributed by atoms with Crippen LogP contribution in [0.2, 0.25) is 0 Å². The summed E-state index contributed by atoms with van der Waals surface area (Å²) in [7, 11) is -4.90. The van der Waals surface area contributed by atoms with Gasteiger partial charge < -0.3 is 0 Å². The fraction of sp³-hybridized carbons (Fsp3) is 0.167. The molecule has 0 amide bonds. The molecule has 3 nitrogen and oxygen atoms in total. The van der Waals surface area contributed by atoms with Crippen molar-refractivity contribution >= 4 is 26.3 Å². The summed E-state index contributed by atoms with van der Waals surface area (Å²) >= 11 is 0.566. The summed E-state index contributed by atoms with van der Waals surface area (Å²) in [5, 5.41) is -1.45. The Morgan fingerprint density at radius 1 is 1.36 bits per heavy atom. The van der Waals surface area contributed by atoms with E-state index in [-0.39, 0.29) is 0 Å². The number of halogens is 3. The number of hydrogen-bond acceptors (Lipinski definition) is 4. The second-order valence-corrected chi connectivity index (χ2v) is 5.24. The summed E-state index contributed by atoms with van der Waals surface area (Å²) < 4.78 is 56.8. The van der Waals surface area contributed by atoms with Crippen LogP contribution in [-0.4, -0.2) is 19.7 Å². The first-order valence-corrected chi connectivity index (χ1v) is 5.52. The van der Waals surface area contributed by atoms with Crippen LogP contribution in [0.4, 0.5) is 13.2 Å². The van der Waals surface area contributed by atoms with Crippen LogP contribution in [0.3, 0.4) is 0 Å². The number of rotatable bonds is 1. The molecule has 0 saturated carbocycles. The molecule has 0 aromatic carbocycles. The first kappa shape index (κ1) is 11.2. The van der Waals surface area contributed by atoms with Crippen LogP contribution in [0.25, 0.3) is 0 Å². The summed E-state index contributed by atoms with van der Waals surface area (Å²) in [6, 6.07) is 2.20. The first-order valence-electron chi connectivity index (χ1n) is 3.16. The summed E-state index contributed by atoms with van der Waals surface area (Å²) in [5.74, 6) is 0. The van der Waals surface area contributed by atoms with E-state index < -0.39 is 25.3 Å². The molecule has 0 N–H and O–H groups in total. The van der Waals surface area contributed by atoms with Crippen LogP contribution in [-0.2, 0) is 14.6 Å². The molecule has 0 aliphatic heterocycles. The van der Waals surface area contributed by atoms with Gasteiger partial charge in [-0.1, -0.05) is 6.07 Å². The molecule has 0 unspecified atom stereocenters. The molecule has 0 fully saturated rings. The molecule has 0 atom stereocenters. The highest BCUT2D eigenvalue weighted by Crippen LogP contribution is 2.26. The molecule has 14 heavy (non-hydrogen) atoms. The van der Waals surface area contributed by atoms with Crippen molar-refractivity contribution in [3.63, 3.8) is 0 Å². The molecule has 1 heterocycles. The fourth-order valence-electron chi connectivity index (χ4n) is 0.660. The van der Waals surface area contributed by atoms with Gasteiger partial charge in [-0.15, -0.1) is 11.3 Å². The molecular formula is C6H3F3O3S2. The van der Waals surface area contributed by atoms with Crippen LogP contribution in [0.5, 0.6) is 0 Å². The lowest BCUT2D eigenvalue weighted by Gasteiger charge is -2.03. The van der Waals surface area contributed by atoms with Crippen LogP contribution in [0.15, 0.2) is 21.7 Å². The standard InChI is InChI=1S/C6H3F3O3S2/c7-6(8,9)5(10)14(11,12)4-2-1-3-13-4/h1-3H. The minimum atomic E-state index is -5.36.